The zero-order valence-corrected chi connectivity index (χ0v) is 26.2. The Labute approximate surface area is 265 Å². The van der Waals surface area contributed by atoms with Crippen LogP contribution < -0.4 is 0 Å². The lowest BCUT2D eigenvalue weighted by Crippen LogP contribution is -2.15. The number of carbonyl (C=O) groups is 3. The van der Waals surface area contributed by atoms with E-state index in [-0.39, 0.29) is 44.6 Å². The molecule has 45 heavy (non-hydrogen) atoms. The molecule has 258 valence electrons. The van der Waals surface area contributed by atoms with Crippen molar-refractivity contribution in [3.63, 3.8) is 0 Å². The molecule has 0 radical (unpaired) electrons. The Morgan fingerprint density at radius 2 is 0.778 bits per heavy atom. The van der Waals surface area contributed by atoms with Gasteiger partial charge in [0.2, 0.25) is 0 Å². The first kappa shape index (κ1) is 40.3. The predicted molar refractivity (Wildman–Crippen MR) is 160 cm³/mol. The van der Waals surface area contributed by atoms with E-state index < -0.39 is 5.97 Å². The van der Waals surface area contributed by atoms with Crippen LogP contribution in [-0.2, 0) is 57.0 Å². The van der Waals surface area contributed by atoms with E-state index in [9.17, 15) is 14.4 Å². The minimum atomic E-state index is -0.866. The van der Waals surface area contributed by atoms with Crippen LogP contribution >= 0.6 is 0 Å². The van der Waals surface area contributed by atoms with Crippen LogP contribution in [0.4, 0.5) is 0 Å². The summed E-state index contributed by atoms with van der Waals surface area (Å²) in [6, 6.07) is 8.81. The van der Waals surface area contributed by atoms with Gasteiger partial charge in [0.25, 0.3) is 0 Å². The molecule has 0 fully saturated rings. The maximum Gasteiger partial charge on any atom is 0.338 e. The number of hydrogen-bond acceptors (Lipinski definition) is 13. The van der Waals surface area contributed by atoms with Crippen LogP contribution in [0.15, 0.2) is 30.3 Å². The largest absolute Gasteiger partial charge is 0.481 e. The van der Waals surface area contributed by atoms with Crippen molar-refractivity contribution in [1.82, 2.24) is 0 Å². The minimum Gasteiger partial charge on any atom is -0.481 e. The van der Waals surface area contributed by atoms with E-state index in [1.165, 1.54) is 0 Å². The third-order valence-corrected chi connectivity index (χ3v) is 5.59. The Balaban J connectivity index is 1.67. The number of carbonyl (C=O) groups excluding carboxylic acids is 2. The molecule has 0 aromatic heterocycles. The van der Waals surface area contributed by atoms with Crippen molar-refractivity contribution >= 4 is 17.9 Å². The molecule has 0 spiro atoms. The number of unbranched alkanes of at least 4 members (excludes halogenated alkanes) is 1. The summed E-state index contributed by atoms with van der Waals surface area (Å²) >= 11 is 0. The Morgan fingerprint density at radius 1 is 0.444 bits per heavy atom. The number of hydrogen-bond donors (Lipinski definition) is 1. The monoisotopic (exact) mass is 646 g/mol. The summed E-state index contributed by atoms with van der Waals surface area (Å²) < 4.78 is 53.4. The number of ether oxygens (including phenoxy) is 10. The standard InChI is InChI=1S/C31H50O14/c32-29(33)8-4-5-9-30(34)44-26-24-42-22-20-40-18-16-38-14-12-36-10-11-37-13-15-39-17-19-41-21-23-43-25-27-45-31(35)28-6-2-1-3-7-28/h1-3,6-7H,4-5,8-27H2,(H,32,33). The van der Waals surface area contributed by atoms with Crippen LogP contribution in [0.25, 0.3) is 0 Å². The molecule has 0 atom stereocenters. The van der Waals surface area contributed by atoms with Gasteiger partial charge in [-0.1, -0.05) is 18.2 Å². The lowest BCUT2D eigenvalue weighted by Gasteiger charge is -2.09. The van der Waals surface area contributed by atoms with Crippen LogP contribution in [0, 0.1) is 0 Å². The van der Waals surface area contributed by atoms with Crippen LogP contribution in [0.3, 0.4) is 0 Å². The fourth-order valence-electron chi connectivity index (χ4n) is 3.32. The lowest BCUT2D eigenvalue weighted by atomic mass is 10.2. The summed E-state index contributed by atoms with van der Waals surface area (Å²) in [5, 5.41) is 8.54. The molecule has 1 aromatic carbocycles. The van der Waals surface area contributed by atoms with Crippen molar-refractivity contribution < 1.29 is 66.9 Å². The van der Waals surface area contributed by atoms with Crippen molar-refractivity contribution in [2.45, 2.75) is 25.7 Å². The summed E-state index contributed by atoms with van der Waals surface area (Å²) in [4.78, 5) is 33.6. The Morgan fingerprint density at radius 3 is 1.16 bits per heavy atom. The third kappa shape index (κ3) is 28.5. The Kier molecular flexibility index (Phi) is 28.1. The van der Waals surface area contributed by atoms with E-state index in [2.05, 4.69) is 0 Å². The van der Waals surface area contributed by atoms with Gasteiger partial charge >= 0.3 is 17.9 Å². The predicted octanol–water partition coefficient (Wildman–Crippen LogP) is 2.16. The van der Waals surface area contributed by atoms with Crippen molar-refractivity contribution in [3.05, 3.63) is 35.9 Å². The lowest BCUT2D eigenvalue weighted by molar-refractivity contribution is -0.146. The van der Waals surface area contributed by atoms with E-state index in [0.717, 1.165) is 0 Å². The Hall–Kier alpha value is -2.69. The molecule has 14 nitrogen and oxygen atoms in total. The molecule has 14 heteroatoms. The molecule has 1 aromatic rings. The second kappa shape index (κ2) is 31.3. The highest BCUT2D eigenvalue weighted by molar-refractivity contribution is 5.89. The van der Waals surface area contributed by atoms with Gasteiger partial charge < -0.3 is 52.5 Å². The van der Waals surface area contributed by atoms with Gasteiger partial charge in [0.05, 0.1) is 111 Å². The number of carboxylic acid groups (broad SMARTS) is 1. The number of carboxylic acids is 1. The molecular formula is C31H50O14. The van der Waals surface area contributed by atoms with E-state index in [1.807, 2.05) is 6.07 Å². The van der Waals surface area contributed by atoms with Gasteiger partial charge in [0.15, 0.2) is 0 Å². The number of rotatable bonds is 33. The summed E-state index contributed by atoms with van der Waals surface area (Å²) in [5.74, 6) is -1.58. The van der Waals surface area contributed by atoms with Gasteiger partial charge in [-0.15, -0.1) is 0 Å². The second-order valence-corrected chi connectivity index (χ2v) is 9.22. The average Bonchev–Trinajstić information content (AvgIpc) is 3.04. The molecule has 0 aliphatic rings. The van der Waals surface area contributed by atoms with Crippen molar-refractivity contribution in [2.24, 2.45) is 0 Å². The molecule has 1 rings (SSSR count). The highest BCUT2D eigenvalue weighted by atomic mass is 16.6. The average molecular weight is 647 g/mol. The van der Waals surface area contributed by atoms with Crippen LogP contribution in [0.2, 0.25) is 0 Å². The first-order valence-electron chi connectivity index (χ1n) is 15.3. The highest BCUT2D eigenvalue weighted by Gasteiger charge is 2.06. The summed E-state index contributed by atoms with van der Waals surface area (Å²) in [5.41, 5.74) is 0.517. The SMILES string of the molecule is O=C(O)CCCCC(=O)OCCOCCOCCOCCOCCOCCOCCOCCOCCOC(=O)c1ccccc1. The fourth-order valence-corrected chi connectivity index (χ4v) is 3.32. The van der Waals surface area contributed by atoms with Crippen molar-refractivity contribution in [2.75, 3.05) is 119 Å². The molecule has 0 bridgehead atoms. The van der Waals surface area contributed by atoms with Gasteiger partial charge in [0, 0.05) is 12.8 Å². The normalized spacial score (nSPS) is 11.0. The summed E-state index contributed by atoms with van der Waals surface area (Å²) in [6.45, 7) is 7.13. The molecule has 0 amide bonds. The molecule has 0 saturated carbocycles. The van der Waals surface area contributed by atoms with E-state index in [1.54, 1.807) is 24.3 Å². The van der Waals surface area contributed by atoms with E-state index >= 15 is 0 Å². The number of esters is 2. The van der Waals surface area contributed by atoms with Gasteiger partial charge in [-0.05, 0) is 25.0 Å². The number of aliphatic carboxylic acids is 1. The topological polar surface area (TPSA) is 164 Å². The van der Waals surface area contributed by atoms with Crippen molar-refractivity contribution in [1.29, 1.82) is 0 Å². The van der Waals surface area contributed by atoms with Gasteiger partial charge in [0.1, 0.15) is 13.2 Å². The first-order chi connectivity index (χ1) is 22.1. The van der Waals surface area contributed by atoms with Gasteiger partial charge in [-0.25, -0.2) is 4.79 Å². The highest BCUT2D eigenvalue weighted by Crippen LogP contribution is 2.02. The minimum absolute atomic E-state index is 0.0572. The smallest absolute Gasteiger partial charge is 0.338 e. The molecule has 0 unspecified atom stereocenters. The third-order valence-electron chi connectivity index (χ3n) is 5.59. The number of benzene rings is 1. The summed E-state index contributed by atoms with van der Waals surface area (Å²) in [6.07, 6.45) is 1.22. The molecule has 0 heterocycles. The quantitative estimate of drug-likeness (QED) is 0.0873. The fraction of sp³-hybridized carbons (Fsp3) is 0.710. The second-order valence-electron chi connectivity index (χ2n) is 9.22. The van der Waals surface area contributed by atoms with Gasteiger partial charge in [-0.3, -0.25) is 9.59 Å². The molecule has 0 saturated heterocycles. The Bertz CT molecular complexity index is 839. The maximum absolute atomic E-state index is 11.8. The van der Waals surface area contributed by atoms with E-state index in [4.69, 9.17) is 52.5 Å². The van der Waals surface area contributed by atoms with E-state index in [0.29, 0.717) is 118 Å². The molecule has 0 aliphatic heterocycles. The van der Waals surface area contributed by atoms with Crippen LogP contribution in [-0.4, -0.2) is 142 Å². The van der Waals surface area contributed by atoms with Crippen LogP contribution in [0.5, 0.6) is 0 Å². The van der Waals surface area contributed by atoms with Crippen LogP contribution in [0.1, 0.15) is 36.0 Å². The summed E-state index contributed by atoms with van der Waals surface area (Å²) in [7, 11) is 0. The molecular weight excluding hydrogens is 596 g/mol. The van der Waals surface area contributed by atoms with Crippen molar-refractivity contribution in [3.8, 4) is 0 Å². The maximum atomic E-state index is 11.8. The van der Waals surface area contributed by atoms with Gasteiger partial charge in [-0.2, -0.15) is 0 Å². The molecule has 0 aliphatic carbocycles. The zero-order valence-electron chi connectivity index (χ0n) is 26.2. The molecule has 1 N–H and O–H groups in total. The first-order valence-corrected chi connectivity index (χ1v) is 15.3. The zero-order chi connectivity index (χ0) is 32.5.